The number of fused-ring (bicyclic) bond motifs is 1. The lowest BCUT2D eigenvalue weighted by Gasteiger charge is -2.14. The Morgan fingerprint density at radius 2 is 2.22 bits per heavy atom. The van der Waals surface area contributed by atoms with Crippen molar-refractivity contribution >= 4 is 11.5 Å². The van der Waals surface area contributed by atoms with Crippen LogP contribution in [0, 0.1) is 11.7 Å². The molecule has 1 aliphatic rings. The molecular formula is C15H18FNO. The first-order valence-electron chi connectivity index (χ1n) is 6.25. The van der Waals surface area contributed by atoms with Gasteiger partial charge in [0.15, 0.2) is 0 Å². The Kier molecular flexibility index (Phi) is 3.50. The summed E-state index contributed by atoms with van der Waals surface area (Å²) in [7, 11) is 1.60. The third-order valence-corrected chi connectivity index (χ3v) is 3.56. The summed E-state index contributed by atoms with van der Waals surface area (Å²) in [4.78, 5) is 11.5. The lowest BCUT2D eigenvalue weighted by Crippen LogP contribution is -2.14. The van der Waals surface area contributed by atoms with Crippen LogP contribution in [-0.2, 0) is 4.79 Å². The maximum Gasteiger partial charge on any atom is 0.244 e. The maximum absolute atomic E-state index is 13.4. The molecule has 1 unspecified atom stereocenters. The topological polar surface area (TPSA) is 29.1 Å². The minimum Gasteiger partial charge on any atom is -0.356 e. The van der Waals surface area contributed by atoms with E-state index in [0.29, 0.717) is 11.8 Å². The number of halogens is 1. The number of benzene rings is 1. The molecule has 3 heteroatoms. The molecule has 0 bridgehead atoms. The molecule has 1 aliphatic carbocycles. The number of carbonyl (C=O) groups is 1. The van der Waals surface area contributed by atoms with Crippen molar-refractivity contribution < 1.29 is 9.18 Å². The van der Waals surface area contributed by atoms with Crippen LogP contribution in [0.25, 0.3) is 5.57 Å². The highest BCUT2D eigenvalue weighted by atomic mass is 19.1. The zero-order valence-electron chi connectivity index (χ0n) is 11.0. The fourth-order valence-electron chi connectivity index (χ4n) is 2.55. The Morgan fingerprint density at radius 3 is 2.83 bits per heavy atom. The summed E-state index contributed by atoms with van der Waals surface area (Å²) in [6.45, 7) is 4.31. The van der Waals surface area contributed by atoms with E-state index in [-0.39, 0.29) is 11.7 Å². The monoisotopic (exact) mass is 247 g/mol. The molecule has 1 amide bonds. The van der Waals surface area contributed by atoms with Crippen LogP contribution in [0.2, 0.25) is 0 Å². The maximum atomic E-state index is 13.4. The van der Waals surface area contributed by atoms with Crippen molar-refractivity contribution in [1.82, 2.24) is 5.32 Å². The number of allylic oxidation sites excluding steroid dienone is 1. The molecule has 2 nitrogen and oxygen atoms in total. The van der Waals surface area contributed by atoms with Crippen molar-refractivity contribution in [2.45, 2.75) is 26.2 Å². The molecule has 0 saturated carbocycles. The van der Waals surface area contributed by atoms with Gasteiger partial charge < -0.3 is 5.32 Å². The number of likely N-dealkylation sites (N-methyl/N-ethyl adjacent to an activating group) is 1. The molecule has 0 saturated heterocycles. The van der Waals surface area contributed by atoms with Gasteiger partial charge in [0.1, 0.15) is 5.82 Å². The Morgan fingerprint density at radius 1 is 1.50 bits per heavy atom. The molecule has 0 aromatic heterocycles. The van der Waals surface area contributed by atoms with Gasteiger partial charge in [-0.25, -0.2) is 4.39 Å². The predicted molar refractivity (Wildman–Crippen MR) is 70.6 cm³/mol. The fraction of sp³-hybridized carbons (Fsp3) is 0.400. The summed E-state index contributed by atoms with van der Waals surface area (Å²) < 4.78 is 13.4. The molecule has 1 aromatic carbocycles. The highest BCUT2D eigenvalue weighted by molar-refractivity contribution is 5.96. The smallest absolute Gasteiger partial charge is 0.244 e. The van der Waals surface area contributed by atoms with Crippen LogP contribution >= 0.6 is 0 Å². The van der Waals surface area contributed by atoms with Gasteiger partial charge in [-0.15, -0.1) is 0 Å². The van der Waals surface area contributed by atoms with Crippen LogP contribution in [0.3, 0.4) is 0 Å². The Labute approximate surface area is 107 Å². The molecule has 0 fully saturated rings. The number of hydrogen-bond acceptors (Lipinski definition) is 1. The number of rotatable bonds is 2. The van der Waals surface area contributed by atoms with Gasteiger partial charge in [0.05, 0.1) is 0 Å². The van der Waals surface area contributed by atoms with Crippen molar-refractivity contribution in [1.29, 1.82) is 0 Å². The zero-order chi connectivity index (χ0) is 13.3. The average Bonchev–Trinajstić information content (AvgIpc) is 2.67. The van der Waals surface area contributed by atoms with Gasteiger partial charge in [0.25, 0.3) is 0 Å². The number of carbonyl (C=O) groups excluding carboxylic acids is 1. The minimum absolute atomic E-state index is 0.135. The van der Waals surface area contributed by atoms with E-state index in [4.69, 9.17) is 0 Å². The van der Waals surface area contributed by atoms with Crippen molar-refractivity contribution in [3.05, 3.63) is 41.2 Å². The molecule has 18 heavy (non-hydrogen) atoms. The van der Waals surface area contributed by atoms with E-state index in [1.807, 2.05) is 6.07 Å². The third-order valence-electron chi connectivity index (χ3n) is 3.56. The normalized spacial score (nSPS) is 20.3. The standard InChI is InChI=1S/C15H18FNO/c1-9(2)13-6-10(7-15(18)17-3)14-8-11(16)4-5-12(13)14/h4-5,7-9,13H,6H2,1-3H3,(H,17,18). The molecule has 0 heterocycles. The minimum atomic E-state index is -0.249. The highest BCUT2D eigenvalue weighted by Gasteiger charge is 2.29. The molecular weight excluding hydrogens is 229 g/mol. The van der Waals surface area contributed by atoms with Gasteiger partial charge >= 0.3 is 0 Å². The lowest BCUT2D eigenvalue weighted by atomic mass is 9.90. The van der Waals surface area contributed by atoms with E-state index in [0.717, 1.165) is 23.1 Å². The third kappa shape index (κ3) is 2.30. The highest BCUT2D eigenvalue weighted by Crippen LogP contribution is 2.44. The quantitative estimate of drug-likeness (QED) is 0.799. The zero-order valence-corrected chi connectivity index (χ0v) is 11.0. The first kappa shape index (κ1) is 12.8. The van der Waals surface area contributed by atoms with Gasteiger partial charge in [0, 0.05) is 13.1 Å². The Bertz CT molecular complexity index is 505. The van der Waals surface area contributed by atoms with E-state index in [2.05, 4.69) is 19.2 Å². The summed E-state index contributed by atoms with van der Waals surface area (Å²) in [5, 5.41) is 2.57. The Balaban J connectivity index is 2.47. The van der Waals surface area contributed by atoms with E-state index in [1.165, 1.54) is 12.1 Å². The first-order valence-corrected chi connectivity index (χ1v) is 6.25. The van der Waals surface area contributed by atoms with Gasteiger partial charge in [-0.3, -0.25) is 4.79 Å². The van der Waals surface area contributed by atoms with Crippen LogP contribution in [0.4, 0.5) is 4.39 Å². The van der Waals surface area contributed by atoms with Gasteiger partial charge in [-0.2, -0.15) is 0 Å². The second-order valence-corrected chi connectivity index (χ2v) is 5.07. The van der Waals surface area contributed by atoms with E-state index >= 15 is 0 Å². The summed E-state index contributed by atoms with van der Waals surface area (Å²) in [5.74, 6) is 0.465. The molecule has 2 rings (SSSR count). The largest absolute Gasteiger partial charge is 0.356 e. The van der Waals surface area contributed by atoms with Crippen LogP contribution in [-0.4, -0.2) is 13.0 Å². The summed E-state index contributed by atoms with van der Waals surface area (Å²) in [5.41, 5.74) is 2.97. The number of nitrogens with one attached hydrogen (secondary N) is 1. The van der Waals surface area contributed by atoms with Gasteiger partial charge in [-0.1, -0.05) is 19.9 Å². The number of amides is 1. The van der Waals surface area contributed by atoms with Crippen LogP contribution in [0.15, 0.2) is 24.3 Å². The molecule has 0 aliphatic heterocycles. The van der Waals surface area contributed by atoms with Crippen molar-refractivity contribution in [3.63, 3.8) is 0 Å². The molecule has 0 spiro atoms. The van der Waals surface area contributed by atoms with Gasteiger partial charge in [0.2, 0.25) is 5.91 Å². The second kappa shape index (κ2) is 4.92. The molecule has 1 atom stereocenters. The summed E-state index contributed by atoms with van der Waals surface area (Å²) >= 11 is 0. The van der Waals surface area contributed by atoms with E-state index < -0.39 is 0 Å². The van der Waals surface area contributed by atoms with Crippen LogP contribution < -0.4 is 5.32 Å². The molecule has 1 N–H and O–H groups in total. The average molecular weight is 247 g/mol. The lowest BCUT2D eigenvalue weighted by molar-refractivity contribution is -0.116. The molecule has 96 valence electrons. The van der Waals surface area contributed by atoms with Crippen molar-refractivity contribution in [2.24, 2.45) is 5.92 Å². The molecule has 1 aromatic rings. The van der Waals surface area contributed by atoms with Crippen molar-refractivity contribution in [2.75, 3.05) is 7.05 Å². The van der Waals surface area contributed by atoms with Crippen molar-refractivity contribution in [3.8, 4) is 0 Å². The van der Waals surface area contributed by atoms with Gasteiger partial charge in [-0.05, 0) is 47.1 Å². The summed E-state index contributed by atoms with van der Waals surface area (Å²) in [6, 6.07) is 4.88. The molecule has 0 radical (unpaired) electrons. The number of hydrogen-bond donors (Lipinski definition) is 1. The van der Waals surface area contributed by atoms with E-state index in [9.17, 15) is 9.18 Å². The van der Waals surface area contributed by atoms with Crippen LogP contribution in [0.5, 0.6) is 0 Å². The first-order chi connectivity index (χ1) is 8.52. The SMILES string of the molecule is CNC(=O)C=C1CC(C(C)C)c2ccc(F)cc21. The fourth-order valence-corrected chi connectivity index (χ4v) is 2.55. The van der Waals surface area contributed by atoms with Crippen LogP contribution in [0.1, 0.15) is 37.3 Å². The predicted octanol–water partition coefficient (Wildman–Crippen LogP) is 3.10. The Hall–Kier alpha value is -1.64. The van der Waals surface area contributed by atoms with E-state index in [1.54, 1.807) is 13.1 Å². The summed E-state index contributed by atoms with van der Waals surface area (Å²) in [6.07, 6.45) is 2.39. The second-order valence-electron chi connectivity index (χ2n) is 5.07.